The minimum Gasteiger partial charge on any atom is -0.476 e. The molecule has 2 N–H and O–H groups in total. The highest BCUT2D eigenvalue weighted by Gasteiger charge is 2.13. The number of nitrogens with zero attached hydrogens (tertiary/aromatic N) is 1. The molecule has 126 valence electrons. The van der Waals surface area contributed by atoms with Gasteiger partial charge in [-0.2, -0.15) is 0 Å². The number of nitrogens with one attached hydrogen (secondary N) is 1. The van der Waals surface area contributed by atoms with Gasteiger partial charge in [0.2, 0.25) is 5.91 Å². The van der Waals surface area contributed by atoms with Crippen molar-refractivity contribution in [2.75, 3.05) is 0 Å². The molecule has 1 aromatic carbocycles. The molecule has 0 aliphatic heterocycles. The summed E-state index contributed by atoms with van der Waals surface area (Å²) in [5.74, 6) is -1.42. The molecule has 0 bridgehead atoms. The van der Waals surface area contributed by atoms with Gasteiger partial charge in [0.05, 0.1) is 6.54 Å². The summed E-state index contributed by atoms with van der Waals surface area (Å²) in [6.07, 6.45) is 0.220. The molecular weight excluding hydrogens is 328 g/mol. The molecule has 0 saturated carbocycles. The molecule has 0 fully saturated rings. The van der Waals surface area contributed by atoms with Crippen molar-refractivity contribution in [1.82, 2.24) is 10.3 Å². The number of carboxylic acids is 1. The molecule has 0 aliphatic carbocycles. The number of aryl methyl sites for hydroxylation is 2. The molecule has 0 unspecified atom stereocenters. The van der Waals surface area contributed by atoms with Crippen LogP contribution >= 0.6 is 11.3 Å². The number of carboxylic acid groups (broad SMARTS) is 1. The zero-order valence-electron chi connectivity index (χ0n) is 13.5. The van der Waals surface area contributed by atoms with Gasteiger partial charge >= 0.3 is 5.97 Å². The van der Waals surface area contributed by atoms with Gasteiger partial charge in [0.1, 0.15) is 5.01 Å². The molecule has 24 heavy (non-hydrogen) atoms. The second kappa shape index (κ2) is 7.83. The van der Waals surface area contributed by atoms with E-state index in [1.807, 2.05) is 32.0 Å². The van der Waals surface area contributed by atoms with Crippen molar-refractivity contribution in [1.29, 1.82) is 0 Å². The third-order valence-corrected chi connectivity index (χ3v) is 4.33. The van der Waals surface area contributed by atoms with Gasteiger partial charge in [0.25, 0.3) is 0 Å². The predicted molar refractivity (Wildman–Crippen MR) is 90.4 cm³/mol. The highest BCUT2D eigenvalue weighted by Crippen LogP contribution is 2.14. The Bertz CT molecular complexity index is 783. The van der Waals surface area contributed by atoms with Crippen LogP contribution in [0.25, 0.3) is 0 Å². The molecule has 1 amide bonds. The van der Waals surface area contributed by atoms with Gasteiger partial charge < -0.3 is 10.4 Å². The summed E-state index contributed by atoms with van der Waals surface area (Å²) in [4.78, 5) is 38.7. The summed E-state index contributed by atoms with van der Waals surface area (Å²) in [5.41, 5.74) is 2.52. The van der Waals surface area contributed by atoms with E-state index < -0.39 is 5.97 Å². The Morgan fingerprint density at radius 3 is 2.62 bits per heavy atom. The summed E-state index contributed by atoms with van der Waals surface area (Å²) in [6, 6.07) is 5.67. The Morgan fingerprint density at radius 1 is 1.21 bits per heavy atom. The minimum atomic E-state index is -1.09. The van der Waals surface area contributed by atoms with Crippen LogP contribution in [0.5, 0.6) is 0 Å². The first-order valence-electron chi connectivity index (χ1n) is 7.41. The number of rotatable bonds is 7. The van der Waals surface area contributed by atoms with Gasteiger partial charge in [-0.3, -0.25) is 9.59 Å². The van der Waals surface area contributed by atoms with Crippen molar-refractivity contribution in [3.05, 3.63) is 51.0 Å². The summed E-state index contributed by atoms with van der Waals surface area (Å²) in [7, 11) is 0. The molecule has 0 spiro atoms. The van der Waals surface area contributed by atoms with Crippen LogP contribution < -0.4 is 5.32 Å². The van der Waals surface area contributed by atoms with Crippen LogP contribution in [0.1, 0.15) is 49.8 Å². The van der Waals surface area contributed by atoms with Gasteiger partial charge in [-0.1, -0.05) is 17.7 Å². The number of amides is 1. The summed E-state index contributed by atoms with van der Waals surface area (Å²) in [6.45, 7) is 3.95. The second-order valence-corrected chi connectivity index (χ2v) is 6.39. The summed E-state index contributed by atoms with van der Waals surface area (Å²) >= 11 is 1.17. The van der Waals surface area contributed by atoms with Crippen molar-refractivity contribution in [2.45, 2.75) is 33.2 Å². The molecule has 7 heteroatoms. The molecule has 0 radical (unpaired) electrons. The Labute approximate surface area is 143 Å². The quantitative estimate of drug-likeness (QED) is 0.752. The lowest BCUT2D eigenvalue weighted by molar-refractivity contribution is -0.121. The molecule has 2 rings (SSSR count). The van der Waals surface area contributed by atoms with Crippen molar-refractivity contribution in [3.63, 3.8) is 0 Å². The molecule has 0 atom stereocenters. The first kappa shape index (κ1) is 17.8. The fraction of sp³-hybridized carbons (Fsp3) is 0.294. The molecule has 1 aromatic heterocycles. The van der Waals surface area contributed by atoms with E-state index in [9.17, 15) is 14.4 Å². The SMILES string of the molecule is Cc1ccc(C)c(C(=O)CCC(=O)NCc2nc(C(=O)O)cs2)c1. The topological polar surface area (TPSA) is 96.4 Å². The molecule has 0 aliphatic rings. The van der Waals surface area contributed by atoms with Crippen LogP contribution in [-0.4, -0.2) is 27.8 Å². The normalized spacial score (nSPS) is 10.4. The van der Waals surface area contributed by atoms with Crippen molar-refractivity contribution in [2.24, 2.45) is 0 Å². The minimum absolute atomic E-state index is 0.0330. The zero-order valence-corrected chi connectivity index (χ0v) is 14.3. The third kappa shape index (κ3) is 4.73. The van der Waals surface area contributed by atoms with E-state index in [2.05, 4.69) is 10.3 Å². The van der Waals surface area contributed by atoms with Gasteiger partial charge in [-0.15, -0.1) is 11.3 Å². The number of carbonyl (C=O) groups excluding carboxylic acids is 2. The van der Waals surface area contributed by atoms with Gasteiger partial charge in [-0.25, -0.2) is 9.78 Å². The lowest BCUT2D eigenvalue weighted by Gasteiger charge is -2.06. The van der Waals surface area contributed by atoms with Crippen molar-refractivity contribution >= 4 is 29.0 Å². The van der Waals surface area contributed by atoms with Crippen LogP contribution in [0.2, 0.25) is 0 Å². The molecular formula is C17H18N2O4S. The van der Waals surface area contributed by atoms with Crippen LogP contribution in [0, 0.1) is 13.8 Å². The first-order valence-corrected chi connectivity index (χ1v) is 8.29. The van der Waals surface area contributed by atoms with Crippen molar-refractivity contribution < 1.29 is 19.5 Å². The Balaban J connectivity index is 1.83. The van der Waals surface area contributed by atoms with E-state index in [0.717, 1.165) is 11.1 Å². The largest absolute Gasteiger partial charge is 0.476 e. The maximum atomic E-state index is 12.2. The number of carbonyl (C=O) groups is 3. The van der Waals surface area contributed by atoms with Crippen LogP contribution in [0.15, 0.2) is 23.6 Å². The zero-order chi connectivity index (χ0) is 17.7. The summed E-state index contributed by atoms with van der Waals surface area (Å²) in [5, 5.41) is 13.4. The number of ketones is 1. The van der Waals surface area contributed by atoms with Crippen LogP contribution in [0.4, 0.5) is 0 Å². The predicted octanol–water partition coefficient (Wildman–Crippen LogP) is 2.74. The second-order valence-electron chi connectivity index (χ2n) is 5.45. The van der Waals surface area contributed by atoms with E-state index >= 15 is 0 Å². The fourth-order valence-electron chi connectivity index (χ4n) is 2.15. The maximum Gasteiger partial charge on any atom is 0.355 e. The van der Waals surface area contributed by atoms with E-state index in [1.54, 1.807) is 0 Å². The molecule has 2 aromatic rings. The number of hydrogen-bond acceptors (Lipinski definition) is 5. The summed E-state index contributed by atoms with van der Waals surface area (Å²) < 4.78 is 0. The van der Waals surface area contributed by atoms with Crippen molar-refractivity contribution in [3.8, 4) is 0 Å². The highest BCUT2D eigenvalue weighted by atomic mass is 32.1. The smallest absolute Gasteiger partial charge is 0.355 e. The third-order valence-electron chi connectivity index (χ3n) is 3.48. The van der Waals surface area contributed by atoms with Crippen LogP contribution in [-0.2, 0) is 11.3 Å². The average Bonchev–Trinajstić information content (AvgIpc) is 3.02. The van der Waals surface area contributed by atoms with Gasteiger partial charge in [-0.05, 0) is 25.5 Å². The van der Waals surface area contributed by atoms with Crippen LogP contribution in [0.3, 0.4) is 0 Å². The van der Waals surface area contributed by atoms with E-state index in [1.165, 1.54) is 16.7 Å². The molecule has 6 nitrogen and oxygen atoms in total. The number of hydrogen-bond donors (Lipinski definition) is 2. The number of aromatic carboxylic acids is 1. The lowest BCUT2D eigenvalue weighted by Crippen LogP contribution is -2.23. The highest BCUT2D eigenvalue weighted by molar-refractivity contribution is 7.09. The van der Waals surface area contributed by atoms with E-state index in [4.69, 9.17) is 5.11 Å². The number of Topliss-reactive ketones (excluding diaryl/α,β-unsaturated/α-hetero) is 1. The Hall–Kier alpha value is -2.54. The standard InChI is InChI=1S/C17H18N2O4S/c1-10-3-4-11(2)12(7-10)14(20)5-6-15(21)18-8-16-19-13(9-24-16)17(22)23/h3-4,7,9H,5-6,8H2,1-2H3,(H,18,21)(H,22,23). The fourth-order valence-corrected chi connectivity index (χ4v) is 2.86. The molecule has 1 heterocycles. The van der Waals surface area contributed by atoms with Gasteiger partial charge in [0.15, 0.2) is 11.5 Å². The van der Waals surface area contributed by atoms with Gasteiger partial charge in [0, 0.05) is 23.8 Å². The van der Waals surface area contributed by atoms with E-state index in [0.29, 0.717) is 10.6 Å². The van der Waals surface area contributed by atoms with E-state index in [-0.39, 0.29) is 36.8 Å². The number of benzene rings is 1. The monoisotopic (exact) mass is 346 g/mol. The lowest BCUT2D eigenvalue weighted by atomic mass is 9.99. The number of aromatic nitrogens is 1. The first-order chi connectivity index (χ1) is 11.4. The number of thiazole rings is 1. The Kier molecular flexibility index (Phi) is 5.81. The molecule has 0 saturated heterocycles. The Morgan fingerprint density at radius 2 is 1.96 bits per heavy atom. The average molecular weight is 346 g/mol. The maximum absolute atomic E-state index is 12.2.